The van der Waals surface area contributed by atoms with Gasteiger partial charge < -0.3 is 15.7 Å². The fourth-order valence-electron chi connectivity index (χ4n) is 2.65. The number of phenols is 1. The molecule has 23 heavy (non-hydrogen) atoms. The van der Waals surface area contributed by atoms with Crippen molar-refractivity contribution in [2.75, 3.05) is 13.1 Å². The first kappa shape index (κ1) is 15.5. The molecule has 1 atom stereocenters. The van der Waals surface area contributed by atoms with Crippen molar-refractivity contribution in [1.82, 2.24) is 20.4 Å². The van der Waals surface area contributed by atoms with Crippen molar-refractivity contribution in [2.45, 2.75) is 25.4 Å². The van der Waals surface area contributed by atoms with Crippen LogP contribution in [-0.4, -0.2) is 33.9 Å². The quantitative estimate of drug-likeness (QED) is 0.800. The maximum atomic E-state index is 13.3. The van der Waals surface area contributed by atoms with Crippen LogP contribution < -0.4 is 10.6 Å². The van der Waals surface area contributed by atoms with Crippen LogP contribution in [0.3, 0.4) is 0 Å². The predicted octanol–water partition coefficient (Wildman–Crippen LogP) is 1.58. The summed E-state index contributed by atoms with van der Waals surface area (Å²) >= 11 is 0. The summed E-state index contributed by atoms with van der Waals surface area (Å²) in [7, 11) is 0. The van der Waals surface area contributed by atoms with Gasteiger partial charge in [-0.05, 0) is 43.1 Å². The van der Waals surface area contributed by atoms with Crippen molar-refractivity contribution in [3.63, 3.8) is 0 Å². The maximum Gasteiger partial charge on any atom is 0.272 e. The lowest BCUT2D eigenvalue weighted by Crippen LogP contribution is -2.32. The molecule has 0 aliphatic carbocycles. The average molecular weight is 318 g/mol. The Kier molecular flexibility index (Phi) is 4.57. The van der Waals surface area contributed by atoms with Gasteiger partial charge in [-0.15, -0.1) is 0 Å². The van der Waals surface area contributed by atoms with Crippen LogP contribution in [0, 0.1) is 5.82 Å². The van der Waals surface area contributed by atoms with Crippen molar-refractivity contribution in [1.29, 1.82) is 0 Å². The van der Waals surface area contributed by atoms with Gasteiger partial charge in [-0.25, -0.2) is 4.39 Å². The molecule has 7 heteroatoms. The number of benzene rings is 1. The van der Waals surface area contributed by atoms with E-state index in [9.17, 15) is 9.18 Å². The summed E-state index contributed by atoms with van der Waals surface area (Å²) in [6.07, 6.45) is 3.95. The topological polar surface area (TPSA) is 79.2 Å². The number of piperidine rings is 1. The normalized spacial score (nSPS) is 17.9. The number of hydrogen-bond donors (Lipinski definition) is 3. The molecule has 0 radical (unpaired) electrons. The van der Waals surface area contributed by atoms with Crippen LogP contribution in [0.2, 0.25) is 0 Å². The van der Waals surface area contributed by atoms with Crippen LogP contribution in [0.25, 0.3) is 0 Å². The van der Waals surface area contributed by atoms with Gasteiger partial charge in [0.1, 0.15) is 5.69 Å². The van der Waals surface area contributed by atoms with Crippen molar-refractivity contribution in [3.05, 3.63) is 47.5 Å². The molecule has 1 aromatic carbocycles. The molecule has 2 heterocycles. The molecule has 0 spiro atoms. The number of carbonyl (C=O) groups excluding carboxylic acids is 1. The van der Waals surface area contributed by atoms with E-state index in [-0.39, 0.29) is 18.5 Å². The minimum atomic E-state index is -0.703. The zero-order valence-corrected chi connectivity index (χ0v) is 12.6. The van der Waals surface area contributed by atoms with Gasteiger partial charge in [0.05, 0.1) is 6.04 Å². The van der Waals surface area contributed by atoms with Gasteiger partial charge in [0.25, 0.3) is 5.91 Å². The largest absolute Gasteiger partial charge is 0.505 e. The number of amides is 1. The summed E-state index contributed by atoms with van der Waals surface area (Å²) in [5.41, 5.74) is 0.916. The molecular formula is C16H19FN4O2. The second-order valence-electron chi connectivity index (χ2n) is 5.65. The zero-order chi connectivity index (χ0) is 16.2. The number of nitrogens with one attached hydrogen (secondary N) is 2. The molecule has 0 saturated carbocycles. The average Bonchev–Trinajstić information content (AvgIpc) is 3.06. The molecule has 1 aliphatic heterocycles. The molecule has 3 rings (SSSR count). The van der Waals surface area contributed by atoms with E-state index in [0.29, 0.717) is 11.3 Å². The monoisotopic (exact) mass is 318 g/mol. The van der Waals surface area contributed by atoms with E-state index in [2.05, 4.69) is 15.7 Å². The van der Waals surface area contributed by atoms with Crippen molar-refractivity contribution in [3.8, 4) is 5.75 Å². The molecule has 0 bridgehead atoms. The Morgan fingerprint density at radius 2 is 2.35 bits per heavy atom. The lowest BCUT2D eigenvalue weighted by atomic mass is 10.1. The fourth-order valence-corrected chi connectivity index (χ4v) is 2.65. The van der Waals surface area contributed by atoms with Gasteiger partial charge in [-0.3, -0.25) is 9.48 Å². The number of rotatable bonds is 4. The third kappa shape index (κ3) is 3.68. The Balaban J connectivity index is 1.59. The van der Waals surface area contributed by atoms with Gasteiger partial charge in [-0.2, -0.15) is 5.10 Å². The standard InChI is InChI=1S/C16H19FN4O2/c17-13-8-11(3-4-15(13)22)9-19-16(23)14-5-7-21(20-14)12-2-1-6-18-10-12/h3-5,7-8,12,18,22H,1-2,6,9-10H2,(H,19,23). The summed E-state index contributed by atoms with van der Waals surface area (Å²) in [5, 5.41) is 19.5. The number of hydrogen-bond acceptors (Lipinski definition) is 4. The number of phenolic OH excluding ortho intramolecular Hbond substituents is 1. The number of halogens is 1. The lowest BCUT2D eigenvalue weighted by Gasteiger charge is -2.22. The predicted molar refractivity (Wildman–Crippen MR) is 82.6 cm³/mol. The summed E-state index contributed by atoms with van der Waals surface area (Å²) in [6, 6.07) is 5.98. The van der Waals surface area contributed by atoms with Crippen LogP contribution in [-0.2, 0) is 6.54 Å². The molecule has 3 N–H and O–H groups in total. The van der Waals surface area contributed by atoms with Gasteiger partial charge >= 0.3 is 0 Å². The number of carbonyl (C=O) groups is 1. The van der Waals surface area contributed by atoms with Crippen molar-refractivity contribution in [2.24, 2.45) is 0 Å². The third-order valence-corrected chi connectivity index (χ3v) is 3.95. The highest BCUT2D eigenvalue weighted by Crippen LogP contribution is 2.17. The molecule has 2 aromatic rings. The van der Waals surface area contributed by atoms with Crippen molar-refractivity contribution >= 4 is 5.91 Å². The van der Waals surface area contributed by atoms with Crippen LogP contribution >= 0.6 is 0 Å². The second kappa shape index (κ2) is 6.78. The van der Waals surface area contributed by atoms with Crippen LogP contribution in [0.5, 0.6) is 5.75 Å². The smallest absolute Gasteiger partial charge is 0.272 e. The van der Waals surface area contributed by atoms with E-state index < -0.39 is 11.6 Å². The summed E-state index contributed by atoms with van der Waals surface area (Å²) in [6.45, 7) is 2.05. The summed E-state index contributed by atoms with van der Waals surface area (Å²) in [4.78, 5) is 12.1. The van der Waals surface area contributed by atoms with E-state index in [1.807, 2.05) is 10.9 Å². The maximum absolute atomic E-state index is 13.3. The first-order valence-corrected chi connectivity index (χ1v) is 7.65. The number of aromatic hydroxyl groups is 1. The zero-order valence-electron chi connectivity index (χ0n) is 12.6. The molecule has 1 amide bonds. The molecule has 1 fully saturated rings. The van der Waals surface area contributed by atoms with Crippen LogP contribution in [0.4, 0.5) is 4.39 Å². The highest BCUT2D eigenvalue weighted by Gasteiger charge is 2.17. The molecule has 1 saturated heterocycles. The molecule has 122 valence electrons. The molecule has 1 aliphatic rings. The highest BCUT2D eigenvalue weighted by atomic mass is 19.1. The minimum absolute atomic E-state index is 0.174. The molecule has 6 nitrogen and oxygen atoms in total. The van der Waals surface area contributed by atoms with Gasteiger partial charge in [-0.1, -0.05) is 6.07 Å². The number of nitrogens with zero attached hydrogens (tertiary/aromatic N) is 2. The lowest BCUT2D eigenvalue weighted by molar-refractivity contribution is 0.0944. The Morgan fingerprint density at radius 1 is 1.48 bits per heavy atom. The van der Waals surface area contributed by atoms with E-state index in [1.165, 1.54) is 12.1 Å². The second-order valence-corrected chi connectivity index (χ2v) is 5.65. The highest BCUT2D eigenvalue weighted by molar-refractivity contribution is 5.92. The van der Waals surface area contributed by atoms with Gasteiger partial charge in [0.15, 0.2) is 11.6 Å². The fraction of sp³-hybridized carbons (Fsp3) is 0.375. The third-order valence-electron chi connectivity index (χ3n) is 3.95. The first-order chi connectivity index (χ1) is 11.1. The van der Waals surface area contributed by atoms with E-state index in [4.69, 9.17) is 5.11 Å². The SMILES string of the molecule is O=C(NCc1ccc(O)c(F)c1)c1ccn(C2CCCNC2)n1. The summed E-state index contributed by atoms with van der Waals surface area (Å²) < 4.78 is 15.1. The number of aromatic nitrogens is 2. The molecular weight excluding hydrogens is 299 g/mol. The van der Waals surface area contributed by atoms with Gasteiger partial charge in [0.2, 0.25) is 0 Å². The molecule has 1 aromatic heterocycles. The Hall–Kier alpha value is -2.41. The Labute approximate surface area is 133 Å². The first-order valence-electron chi connectivity index (χ1n) is 7.65. The van der Waals surface area contributed by atoms with E-state index >= 15 is 0 Å². The van der Waals surface area contributed by atoms with Crippen LogP contribution in [0.15, 0.2) is 30.5 Å². The molecule has 1 unspecified atom stereocenters. The van der Waals surface area contributed by atoms with E-state index in [1.54, 1.807) is 12.1 Å². The van der Waals surface area contributed by atoms with Crippen LogP contribution in [0.1, 0.15) is 34.9 Å². The Bertz CT molecular complexity index is 695. The van der Waals surface area contributed by atoms with E-state index in [0.717, 1.165) is 25.9 Å². The Morgan fingerprint density at radius 3 is 3.09 bits per heavy atom. The summed E-state index contributed by atoms with van der Waals surface area (Å²) in [5.74, 6) is -1.41. The minimum Gasteiger partial charge on any atom is -0.505 e. The van der Waals surface area contributed by atoms with Gasteiger partial charge in [0, 0.05) is 19.3 Å². The van der Waals surface area contributed by atoms with Crippen molar-refractivity contribution < 1.29 is 14.3 Å².